The molecular weight excluding hydrogens is 421 g/mol. The van der Waals surface area contributed by atoms with Gasteiger partial charge in [0, 0.05) is 12.6 Å². The number of rotatable bonds is 9. The van der Waals surface area contributed by atoms with Gasteiger partial charge in [-0.05, 0) is 53.3 Å². The Bertz CT molecular complexity index is 899. The SMILES string of the molecule is C=CC(=C)c1cc(-c2cc(NCC(C)C)c(F)cc2C)cc(OCCO)n1.CCC.NC=O. The van der Waals surface area contributed by atoms with E-state index in [1.807, 2.05) is 13.0 Å². The summed E-state index contributed by atoms with van der Waals surface area (Å²) < 4.78 is 19.8. The second-order valence-corrected chi connectivity index (χ2v) is 7.65. The van der Waals surface area contributed by atoms with Crippen LogP contribution in [0.1, 0.15) is 45.4 Å². The number of halogens is 1. The van der Waals surface area contributed by atoms with Gasteiger partial charge >= 0.3 is 0 Å². The van der Waals surface area contributed by atoms with E-state index in [2.05, 4.69) is 56.9 Å². The predicted octanol–water partition coefficient (Wildman–Crippen LogP) is 5.35. The Balaban J connectivity index is 0.00000154. The van der Waals surface area contributed by atoms with Gasteiger partial charge in [-0.15, -0.1) is 0 Å². The van der Waals surface area contributed by atoms with Crippen LogP contribution in [0.15, 0.2) is 43.5 Å². The lowest BCUT2D eigenvalue weighted by molar-refractivity contribution is -0.106. The molecule has 0 saturated carbocycles. The van der Waals surface area contributed by atoms with Gasteiger partial charge in [-0.1, -0.05) is 53.3 Å². The number of aryl methyl sites for hydroxylation is 1. The van der Waals surface area contributed by atoms with Crippen LogP contribution in [0.25, 0.3) is 16.7 Å². The van der Waals surface area contributed by atoms with Crippen molar-refractivity contribution in [3.8, 4) is 17.0 Å². The number of nitrogens with zero attached hydrogens (tertiary/aromatic N) is 1. The van der Waals surface area contributed by atoms with Crippen molar-refractivity contribution in [2.45, 2.75) is 41.0 Å². The summed E-state index contributed by atoms with van der Waals surface area (Å²) in [5.74, 6) is 0.495. The number of primary amides is 1. The van der Waals surface area contributed by atoms with Gasteiger partial charge in [-0.25, -0.2) is 9.37 Å². The van der Waals surface area contributed by atoms with Gasteiger partial charge < -0.3 is 20.9 Å². The minimum atomic E-state index is -0.279. The summed E-state index contributed by atoms with van der Waals surface area (Å²) in [5.41, 5.74) is 8.41. The molecule has 0 aliphatic heterocycles. The maximum Gasteiger partial charge on any atom is 0.214 e. The number of allylic oxidation sites excluding steroid dienone is 2. The maximum absolute atomic E-state index is 14.3. The molecule has 0 aliphatic carbocycles. The zero-order valence-corrected chi connectivity index (χ0v) is 20.5. The monoisotopic (exact) mass is 459 g/mol. The lowest BCUT2D eigenvalue weighted by Crippen LogP contribution is -2.09. The van der Waals surface area contributed by atoms with Crippen molar-refractivity contribution in [2.75, 3.05) is 25.1 Å². The van der Waals surface area contributed by atoms with Gasteiger partial charge in [0.1, 0.15) is 12.4 Å². The Morgan fingerprint density at radius 1 is 1.30 bits per heavy atom. The van der Waals surface area contributed by atoms with Crippen molar-refractivity contribution >= 4 is 17.7 Å². The normalized spacial score (nSPS) is 9.70. The number of nitrogens with two attached hydrogens (primary N) is 1. The number of pyridine rings is 1. The quantitative estimate of drug-likeness (QED) is 0.347. The minimum absolute atomic E-state index is 0.109. The van der Waals surface area contributed by atoms with Crippen LogP contribution in [0.3, 0.4) is 0 Å². The van der Waals surface area contributed by atoms with Crippen LogP contribution in [0.4, 0.5) is 10.1 Å². The Morgan fingerprint density at radius 3 is 2.42 bits per heavy atom. The van der Waals surface area contributed by atoms with Crippen LogP contribution in [-0.2, 0) is 4.79 Å². The van der Waals surface area contributed by atoms with Crippen LogP contribution >= 0.6 is 0 Å². The third-order valence-electron chi connectivity index (χ3n) is 4.04. The third kappa shape index (κ3) is 10.8. The average molecular weight is 460 g/mol. The molecule has 33 heavy (non-hydrogen) atoms. The van der Waals surface area contributed by atoms with E-state index in [0.717, 1.165) is 16.7 Å². The van der Waals surface area contributed by atoms with Crippen LogP contribution in [-0.4, -0.2) is 36.3 Å². The molecule has 0 saturated heterocycles. The molecule has 0 atom stereocenters. The number of aliphatic hydroxyl groups is 1. The average Bonchev–Trinajstić information content (AvgIpc) is 2.77. The van der Waals surface area contributed by atoms with Crippen molar-refractivity contribution in [3.63, 3.8) is 0 Å². The first-order valence-electron chi connectivity index (χ1n) is 11.0. The molecular formula is C26H38FN3O3. The molecule has 1 aromatic heterocycles. The molecule has 182 valence electrons. The van der Waals surface area contributed by atoms with E-state index in [1.54, 1.807) is 18.2 Å². The first kappa shape index (κ1) is 29.8. The Labute approximate surface area is 197 Å². The van der Waals surface area contributed by atoms with Gasteiger partial charge in [0.05, 0.1) is 18.0 Å². The summed E-state index contributed by atoms with van der Waals surface area (Å²) >= 11 is 0. The first-order chi connectivity index (χ1) is 15.7. The summed E-state index contributed by atoms with van der Waals surface area (Å²) in [6, 6.07) is 6.98. The number of aromatic nitrogens is 1. The molecule has 0 spiro atoms. The fourth-order valence-corrected chi connectivity index (χ4v) is 2.59. The van der Waals surface area contributed by atoms with Crippen molar-refractivity contribution in [2.24, 2.45) is 11.7 Å². The number of aliphatic hydroxyl groups excluding tert-OH is 1. The molecule has 0 fully saturated rings. The second kappa shape index (κ2) is 16.4. The summed E-state index contributed by atoms with van der Waals surface area (Å²) in [5, 5.41) is 12.2. The zero-order valence-electron chi connectivity index (χ0n) is 20.5. The zero-order chi connectivity index (χ0) is 25.4. The molecule has 2 rings (SSSR count). The maximum atomic E-state index is 14.3. The van der Waals surface area contributed by atoms with Gasteiger partial charge in [0.15, 0.2) is 0 Å². The first-order valence-corrected chi connectivity index (χ1v) is 11.0. The fourth-order valence-electron chi connectivity index (χ4n) is 2.59. The molecule has 0 radical (unpaired) electrons. The number of benzene rings is 1. The van der Waals surface area contributed by atoms with Crippen LogP contribution in [0.2, 0.25) is 0 Å². The van der Waals surface area contributed by atoms with E-state index < -0.39 is 0 Å². The summed E-state index contributed by atoms with van der Waals surface area (Å²) in [6.45, 7) is 18.6. The number of ether oxygens (including phenoxy) is 1. The molecule has 0 aliphatic rings. The largest absolute Gasteiger partial charge is 0.475 e. The van der Waals surface area contributed by atoms with E-state index in [9.17, 15) is 4.39 Å². The summed E-state index contributed by atoms with van der Waals surface area (Å²) in [6.07, 6.45) is 3.12. The number of nitrogens with one attached hydrogen (secondary N) is 1. The van der Waals surface area contributed by atoms with Crippen molar-refractivity contribution in [1.29, 1.82) is 0 Å². The van der Waals surface area contributed by atoms with Gasteiger partial charge in [-0.2, -0.15) is 0 Å². The lowest BCUT2D eigenvalue weighted by atomic mass is 9.98. The highest BCUT2D eigenvalue weighted by molar-refractivity contribution is 5.77. The van der Waals surface area contributed by atoms with Crippen LogP contribution < -0.4 is 15.8 Å². The van der Waals surface area contributed by atoms with Crippen molar-refractivity contribution in [3.05, 3.63) is 60.6 Å². The second-order valence-electron chi connectivity index (χ2n) is 7.65. The Kier molecular flexibility index (Phi) is 14.9. The van der Waals surface area contributed by atoms with Gasteiger partial charge in [0.25, 0.3) is 0 Å². The molecule has 6 nitrogen and oxygen atoms in total. The number of anilines is 1. The minimum Gasteiger partial charge on any atom is -0.475 e. The fraction of sp³-hybridized carbons (Fsp3) is 0.385. The standard InChI is InChI=1S/C22H27FN2O2.C3H8.CH3NO/c1-6-15(4)20-10-17(11-22(25-20)27-8-7-26)18-12-21(24-13-14(2)3)19(23)9-16(18)5;1-3-2;2-1-3/h6,9-12,14,24,26H,1,4,7-8,13H2,2-3,5H3;3H2,1-2H3;1H,(H2,2,3). The van der Waals surface area contributed by atoms with Crippen molar-refractivity contribution in [1.82, 2.24) is 4.98 Å². The van der Waals surface area contributed by atoms with Gasteiger partial charge in [-0.3, -0.25) is 4.79 Å². The highest BCUT2D eigenvalue weighted by atomic mass is 19.1. The van der Waals surface area contributed by atoms with E-state index in [0.29, 0.717) is 35.3 Å². The van der Waals surface area contributed by atoms with E-state index >= 15 is 0 Å². The predicted molar refractivity (Wildman–Crippen MR) is 136 cm³/mol. The number of carbonyl (C=O) groups is 1. The molecule has 0 unspecified atom stereocenters. The molecule has 1 amide bonds. The number of carbonyl (C=O) groups excluding carboxylic acids is 1. The Morgan fingerprint density at radius 2 is 1.91 bits per heavy atom. The number of hydrogen-bond donors (Lipinski definition) is 3. The molecule has 1 heterocycles. The van der Waals surface area contributed by atoms with E-state index in [1.165, 1.54) is 12.5 Å². The van der Waals surface area contributed by atoms with E-state index in [4.69, 9.17) is 14.6 Å². The molecule has 4 N–H and O–H groups in total. The number of amides is 1. The molecule has 0 bridgehead atoms. The molecule has 2 aromatic rings. The topological polar surface area (TPSA) is 97.5 Å². The summed E-state index contributed by atoms with van der Waals surface area (Å²) in [4.78, 5) is 13.0. The van der Waals surface area contributed by atoms with Crippen LogP contribution in [0, 0.1) is 18.7 Å². The smallest absolute Gasteiger partial charge is 0.214 e. The molecule has 7 heteroatoms. The highest BCUT2D eigenvalue weighted by Crippen LogP contribution is 2.32. The third-order valence-corrected chi connectivity index (χ3v) is 4.04. The summed E-state index contributed by atoms with van der Waals surface area (Å²) in [7, 11) is 0. The highest BCUT2D eigenvalue weighted by Gasteiger charge is 2.13. The lowest BCUT2D eigenvalue weighted by Gasteiger charge is -2.15. The van der Waals surface area contributed by atoms with Crippen molar-refractivity contribution < 1.29 is 19.0 Å². The molecule has 1 aromatic carbocycles. The van der Waals surface area contributed by atoms with Gasteiger partial charge in [0.2, 0.25) is 12.3 Å². The van der Waals surface area contributed by atoms with Crippen LogP contribution in [0.5, 0.6) is 5.88 Å². The van der Waals surface area contributed by atoms with E-state index in [-0.39, 0.29) is 25.4 Å². The number of hydrogen-bond acceptors (Lipinski definition) is 5. The Hall–Kier alpha value is -3.19.